The van der Waals surface area contributed by atoms with Crippen LogP contribution in [0.3, 0.4) is 0 Å². The predicted octanol–water partition coefficient (Wildman–Crippen LogP) is 10.9. The fraction of sp³-hybridized carbons (Fsp3) is 0.292. The van der Waals surface area contributed by atoms with Gasteiger partial charge >= 0.3 is 17.9 Å². The van der Waals surface area contributed by atoms with Gasteiger partial charge < -0.3 is 57.9 Å². The molecular weight excluding hydrogens is 1450 g/mol. The van der Waals surface area contributed by atoms with Crippen LogP contribution in [-0.4, -0.2) is 143 Å². The molecule has 8 atom stereocenters. The number of nitro benzene ring substituents is 2. The number of aliphatic hydroxyl groups is 2. The zero-order valence-electron chi connectivity index (χ0n) is 50.3. The zero-order chi connectivity index (χ0) is 64.7. The minimum absolute atomic E-state index is 0. The third kappa shape index (κ3) is 22.0. The van der Waals surface area contributed by atoms with E-state index in [0.717, 1.165) is 62.8 Å². The van der Waals surface area contributed by atoms with E-state index in [1.807, 2.05) is 116 Å². The summed E-state index contributed by atoms with van der Waals surface area (Å²) in [5.74, 6) is 0.630. The van der Waals surface area contributed by atoms with Crippen molar-refractivity contribution < 1.29 is 121 Å². The molecule has 0 bridgehead atoms. The van der Waals surface area contributed by atoms with Crippen molar-refractivity contribution in [2.45, 2.75) is 69.2 Å². The van der Waals surface area contributed by atoms with Gasteiger partial charge in [-0.25, -0.2) is 14.4 Å². The number of hydrogen-bond donors (Lipinski definition) is 3. The molecule has 10 rings (SSSR count). The number of aliphatic hydroxyl groups excluding tert-OH is 2. The fourth-order valence-corrected chi connectivity index (χ4v) is 11.3. The first-order valence-electron chi connectivity index (χ1n) is 27.2. The molecule has 1 amide bonds. The maximum Gasteiger partial charge on any atom is 0.338 e. The largest absolute Gasteiger partial charge is 0.497 e. The van der Waals surface area contributed by atoms with E-state index in [1.165, 1.54) is 45.2 Å². The van der Waals surface area contributed by atoms with Crippen LogP contribution < -0.4 is 19.1 Å². The molecule has 91 heavy (non-hydrogen) atoms. The molecule has 3 aliphatic rings. The Hall–Kier alpha value is -7.09. The van der Waals surface area contributed by atoms with Crippen molar-refractivity contribution in [3.8, 4) is 17.2 Å². The minimum Gasteiger partial charge on any atom is -0.497 e. The van der Waals surface area contributed by atoms with Crippen LogP contribution >= 0.6 is 36.2 Å². The Bertz CT molecular complexity index is 3390. The number of esters is 3. The molecule has 2 saturated heterocycles. The van der Waals surface area contributed by atoms with E-state index in [1.54, 1.807) is 93.0 Å². The number of hydrogen-bond acceptors (Lipinski definition) is 22. The Kier molecular flexibility index (Phi) is 31.9. The van der Waals surface area contributed by atoms with Gasteiger partial charge in [-0.3, -0.25) is 25.0 Å². The number of nitro groups is 2. The number of thiol groups is 1. The summed E-state index contributed by atoms with van der Waals surface area (Å²) in [6.07, 6.45) is -3.76. The van der Waals surface area contributed by atoms with Gasteiger partial charge in [-0.1, -0.05) is 111 Å². The zero-order valence-corrected chi connectivity index (χ0v) is 57.6. The monoisotopic (exact) mass is 1520 g/mol. The molecule has 7 aromatic carbocycles. The van der Waals surface area contributed by atoms with Crippen LogP contribution in [0.2, 0.25) is 0 Å². The third-order valence-electron chi connectivity index (χ3n) is 13.4. The molecule has 8 unspecified atom stereocenters. The Balaban J connectivity index is 0.000000250. The number of fused-ring (bicyclic) bond motifs is 1. The SMILES string of the molecule is C.COC(=O)C(O)C(Sc1ccccc1[N+](=O)[O-])c1ccccc1.COC(=O)C1OC1c1ccc(OC)cc1.COC(=O)C1OC1c1ccc(OC)cc1.COc1ccc(C2Sc3ccccc3N(CCN(C)C)C(=O)C2O)cc1.O=[N+]([O-])c1ccccc1S.[Ac]. The van der Waals surface area contributed by atoms with Gasteiger partial charge in [0.15, 0.2) is 18.3 Å². The summed E-state index contributed by atoms with van der Waals surface area (Å²) in [5, 5.41) is 41.3. The summed E-state index contributed by atoms with van der Waals surface area (Å²) in [5.41, 5.74) is 4.34. The van der Waals surface area contributed by atoms with Gasteiger partial charge in [0.25, 0.3) is 17.3 Å². The van der Waals surface area contributed by atoms with Gasteiger partial charge in [-0.15, -0.1) is 36.2 Å². The molecule has 3 heterocycles. The molecule has 0 aliphatic carbocycles. The third-order valence-corrected chi connectivity index (χ3v) is 16.6. The fourth-order valence-electron chi connectivity index (χ4n) is 8.54. The number of carbonyl (C=O) groups is 4. The first-order chi connectivity index (χ1) is 42.8. The van der Waals surface area contributed by atoms with Crippen molar-refractivity contribution in [2.75, 3.05) is 74.7 Å². The predicted molar refractivity (Wildman–Crippen MR) is 343 cm³/mol. The van der Waals surface area contributed by atoms with E-state index in [-0.39, 0.29) is 98.2 Å². The number of methoxy groups -OCH3 is 6. The number of amides is 1. The quantitative estimate of drug-likeness (QED) is 0.0137. The van der Waals surface area contributed by atoms with E-state index < -0.39 is 45.5 Å². The van der Waals surface area contributed by atoms with Crippen molar-refractivity contribution in [1.29, 1.82) is 0 Å². The Labute approximate surface area is 578 Å². The number of thioether (sulfide) groups is 2. The molecule has 7 aromatic rings. The molecule has 481 valence electrons. The molecule has 2 fully saturated rings. The molecule has 22 nitrogen and oxygen atoms in total. The minimum atomic E-state index is -1.44. The number of nitrogens with zero attached hydrogens (tertiary/aromatic N) is 4. The first-order valence-corrected chi connectivity index (χ1v) is 29.4. The Morgan fingerprint density at radius 3 is 1.52 bits per heavy atom. The molecule has 2 N–H and O–H groups in total. The number of epoxide rings is 2. The number of anilines is 1. The van der Waals surface area contributed by atoms with Crippen molar-refractivity contribution in [3.05, 3.63) is 218 Å². The number of para-hydroxylation sites is 3. The number of benzene rings is 7. The van der Waals surface area contributed by atoms with E-state index in [4.69, 9.17) is 23.7 Å². The summed E-state index contributed by atoms with van der Waals surface area (Å²) >= 11 is 6.48. The van der Waals surface area contributed by atoms with Gasteiger partial charge in [0.1, 0.15) is 35.6 Å². The average molecular weight is 1520 g/mol. The molecule has 26 heteroatoms. The molecule has 1 radical (unpaired) electrons. The van der Waals surface area contributed by atoms with E-state index in [2.05, 4.69) is 26.8 Å². The summed E-state index contributed by atoms with van der Waals surface area (Å²) < 4.78 is 39.5. The van der Waals surface area contributed by atoms with Crippen molar-refractivity contribution in [2.24, 2.45) is 0 Å². The normalized spacial score (nSPS) is 17.8. The summed E-state index contributed by atoms with van der Waals surface area (Å²) in [6, 6.07) is 51.6. The second-order valence-corrected chi connectivity index (χ2v) is 22.3. The van der Waals surface area contributed by atoms with Crippen molar-refractivity contribution in [3.63, 3.8) is 0 Å². The number of rotatable bonds is 18. The van der Waals surface area contributed by atoms with Crippen LogP contribution in [0, 0.1) is 64.3 Å². The average Bonchev–Trinajstić information content (AvgIpc) is 1.72. The van der Waals surface area contributed by atoms with E-state index >= 15 is 0 Å². The molecule has 0 aromatic heterocycles. The van der Waals surface area contributed by atoms with Crippen LogP contribution in [0.25, 0.3) is 0 Å². The first kappa shape index (κ1) is 76.4. The van der Waals surface area contributed by atoms with Crippen LogP contribution in [0.4, 0.5) is 17.1 Å². The molecule has 3 aliphatic heterocycles. The second kappa shape index (κ2) is 38.1. The van der Waals surface area contributed by atoms with Crippen LogP contribution in [0.15, 0.2) is 191 Å². The van der Waals surface area contributed by atoms with Crippen molar-refractivity contribution in [1.82, 2.24) is 4.90 Å². The van der Waals surface area contributed by atoms with E-state index in [0.29, 0.717) is 21.9 Å². The van der Waals surface area contributed by atoms with Crippen LogP contribution in [0.5, 0.6) is 17.2 Å². The van der Waals surface area contributed by atoms with Crippen molar-refractivity contribution >= 4 is 77.0 Å². The second-order valence-electron chi connectivity index (χ2n) is 19.5. The Morgan fingerprint density at radius 1 is 0.637 bits per heavy atom. The maximum absolute atomic E-state index is 13.0. The van der Waals surface area contributed by atoms with Gasteiger partial charge in [-0.05, 0) is 97.0 Å². The van der Waals surface area contributed by atoms with Gasteiger partial charge in [-0.2, -0.15) is 0 Å². The summed E-state index contributed by atoms with van der Waals surface area (Å²) in [6.45, 7) is 1.26. The van der Waals surface area contributed by atoms with Gasteiger partial charge in [0, 0.05) is 74.2 Å². The standard InChI is InChI=1S/C20H24N2O3S.C16H15NO5S.2C11H12O4.C6H5NO2S.CH4.Ac/c1-21(2)12-13-22-16-6-4-5-7-17(16)26-19(18(23)20(22)24)14-8-10-15(25-3)11-9-14;1-22-16(19)14(18)15(11-7-3-2-4-8-11)23-13-10-6-5-9-12(13)17(20)21;2*1-13-8-5-3-7(4-6-8)9-10(15-9)11(12)14-2;8-7(9)5-3-1-2-4-6(5)10;;/h4-11,18-19,23H,12-13H2,1-3H3;2-10,14-15,18H,1H3;2*3-6,9-10H,1-2H3;1-4,10H;1H4;. The smallest absolute Gasteiger partial charge is 0.338 e. The number of carbonyl (C=O) groups excluding carboxylic acids is 4. The molecule has 0 spiro atoms. The van der Waals surface area contributed by atoms with Gasteiger partial charge in [0.05, 0.1) is 78.5 Å². The molecule has 0 saturated carbocycles. The Morgan fingerprint density at radius 2 is 1.08 bits per heavy atom. The summed E-state index contributed by atoms with van der Waals surface area (Å²) in [7, 11) is 12.7. The van der Waals surface area contributed by atoms with Gasteiger partial charge in [0.2, 0.25) is 0 Å². The summed E-state index contributed by atoms with van der Waals surface area (Å²) in [4.78, 5) is 72.8. The number of ether oxygens (including phenoxy) is 8. The number of likely N-dealkylation sites (N-methyl/N-ethyl adjacent to an activating group) is 1. The molecular formula is C65H72AcN4O18S3. The van der Waals surface area contributed by atoms with Crippen LogP contribution in [-0.2, 0) is 42.9 Å². The maximum atomic E-state index is 13.0. The van der Waals surface area contributed by atoms with Crippen LogP contribution in [0.1, 0.15) is 52.4 Å². The topological polar surface area (TPSA) is 282 Å². The van der Waals surface area contributed by atoms with E-state index in [9.17, 15) is 49.6 Å².